The molecule has 3 nitrogen and oxygen atoms in total. The van der Waals surface area contributed by atoms with Crippen LogP contribution in [-0.4, -0.2) is 11.1 Å². The number of nitrogens with zero attached hydrogens (tertiary/aromatic N) is 1. The second-order valence-corrected chi connectivity index (χ2v) is 6.52. The average Bonchev–Trinajstić information content (AvgIpc) is 2.56. The Kier molecular flexibility index (Phi) is 5.60. The minimum Gasteiger partial charge on any atom is -0.481 e. The number of unbranched alkanes of at least 4 members (excludes halogenated alkanes) is 2. The first-order valence-corrected chi connectivity index (χ1v) is 8.36. The summed E-state index contributed by atoms with van der Waals surface area (Å²) in [6, 6.07) is 9.19. The minimum absolute atomic E-state index is 0.581. The molecule has 1 aromatic carbocycles. The smallest absolute Gasteiger partial charge is 0.314 e. The summed E-state index contributed by atoms with van der Waals surface area (Å²) in [4.78, 5) is 11.9. The molecule has 3 heteroatoms. The number of rotatable bonds is 6. The van der Waals surface area contributed by atoms with Crippen LogP contribution >= 0.6 is 0 Å². The van der Waals surface area contributed by atoms with Gasteiger partial charge in [0.1, 0.15) is 0 Å². The van der Waals surface area contributed by atoms with E-state index in [1.54, 1.807) is 12.1 Å². The first kappa shape index (κ1) is 16.5. The van der Waals surface area contributed by atoms with Gasteiger partial charge in [-0.15, -0.1) is 0 Å². The van der Waals surface area contributed by atoms with E-state index in [4.69, 9.17) is 5.26 Å². The number of carbonyl (C=O) groups is 1. The highest BCUT2D eigenvalue weighted by Gasteiger charge is 2.43. The van der Waals surface area contributed by atoms with Crippen molar-refractivity contribution in [3.05, 3.63) is 35.4 Å². The monoisotopic (exact) mass is 299 g/mol. The SMILES string of the molecule is CCCCCC1CCC(C(=O)O)(c2ccc(C#N)cc2)CC1. The van der Waals surface area contributed by atoms with E-state index in [-0.39, 0.29) is 0 Å². The number of benzene rings is 1. The first-order chi connectivity index (χ1) is 10.6. The van der Waals surface area contributed by atoms with Crippen LogP contribution in [0.25, 0.3) is 0 Å². The van der Waals surface area contributed by atoms with Crippen molar-refractivity contribution in [2.75, 3.05) is 0 Å². The van der Waals surface area contributed by atoms with Gasteiger partial charge < -0.3 is 5.11 Å². The van der Waals surface area contributed by atoms with E-state index in [0.29, 0.717) is 24.3 Å². The summed E-state index contributed by atoms with van der Waals surface area (Å²) in [6.45, 7) is 2.21. The maximum absolute atomic E-state index is 11.9. The van der Waals surface area contributed by atoms with E-state index in [9.17, 15) is 9.90 Å². The molecule has 1 aromatic rings. The lowest BCUT2D eigenvalue weighted by Gasteiger charge is -2.37. The number of aliphatic carboxylic acids is 1. The van der Waals surface area contributed by atoms with Crippen molar-refractivity contribution < 1.29 is 9.90 Å². The molecule has 1 N–H and O–H groups in total. The second kappa shape index (κ2) is 7.45. The predicted molar refractivity (Wildman–Crippen MR) is 86.6 cm³/mol. The Bertz CT molecular complexity index is 534. The highest BCUT2D eigenvalue weighted by Crippen LogP contribution is 2.43. The molecule has 22 heavy (non-hydrogen) atoms. The molecular weight excluding hydrogens is 274 g/mol. The van der Waals surface area contributed by atoms with Crippen LogP contribution in [0.5, 0.6) is 0 Å². The summed E-state index contributed by atoms with van der Waals surface area (Å²) >= 11 is 0. The number of carboxylic acid groups (broad SMARTS) is 1. The molecule has 1 aliphatic rings. The Hall–Kier alpha value is -1.82. The van der Waals surface area contributed by atoms with Gasteiger partial charge in [-0.3, -0.25) is 4.79 Å². The summed E-state index contributed by atoms with van der Waals surface area (Å²) < 4.78 is 0. The highest BCUT2D eigenvalue weighted by molar-refractivity contribution is 5.81. The van der Waals surface area contributed by atoms with E-state index in [2.05, 4.69) is 13.0 Å². The quantitative estimate of drug-likeness (QED) is 0.778. The summed E-state index contributed by atoms with van der Waals surface area (Å²) in [5.41, 5.74) is 0.679. The lowest BCUT2D eigenvalue weighted by atomic mass is 9.66. The average molecular weight is 299 g/mol. The third-order valence-corrected chi connectivity index (χ3v) is 5.15. The fourth-order valence-electron chi connectivity index (χ4n) is 3.63. The lowest BCUT2D eigenvalue weighted by molar-refractivity contribution is -0.145. The third-order valence-electron chi connectivity index (χ3n) is 5.15. The van der Waals surface area contributed by atoms with Gasteiger partial charge in [0.15, 0.2) is 0 Å². The Morgan fingerprint density at radius 3 is 2.41 bits per heavy atom. The van der Waals surface area contributed by atoms with E-state index in [1.165, 1.54) is 25.7 Å². The summed E-state index contributed by atoms with van der Waals surface area (Å²) in [6.07, 6.45) is 8.42. The van der Waals surface area contributed by atoms with E-state index in [1.807, 2.05) is 12.1 Å². The third kappa shape index (κ3) is 3.50. The fraction of sp³-hybridized carbons (Fsp3) is 0.579. The van der Waals surface area contributed by atoms with Crippen LogP contribution in [0.1, 0.15) is 69.4 Å². The van der Waals surface area contributed by atoms with Crippen LogP contribution in [0.15, 0.2) is 24.3 Å². The van der Waals surface area contributed by atoms with E-state index >= 15 is 0 Å². The fourth-order valence-corrected chi connectivity index (χ4v) is 3.63. The van der Waals surface area contributed by atoms with Crippen LogP contribution in [0, 0.1) is 17.2 Å². The van der Waals surface area contributed by atoms with Crippen molar-refractivity contribution in [2.24, 2.45) is 5.92 Å². The maximum Gasteiger partial charge on any atom is 0.314 e. The molecule has 0 heterocycles. The number of carboxylic acids is 1. The van der Waals surface area contributed by atoms with Gasteiger partial charge in [0.2, 0.25) is 0 Å². The van der Waals surface area contributed by atoms with Gasteiger partial charge in [-0.1, -0.05) is 44.7 Å². The lowest BCUT2D eigenvalue weighted by Crippen LogP contribution is -2.39. The molecular formula is C19H25NO2. The zero-order valence-electron chi connectivity index (χ0n) is 13.3. The molecule has 0 spiro atoms. The number of nitriles is 1. The normalized spacial score (nSPS) is 24.6. The molecule has 0 unspecified atom stereocenters. The van der Waals surface area contributed by atoms with Crippen LogP contribution < -0.4 is 0 Å². The van der Waals surface area contributed by atoms with E-state index in [0.717, 1.165) is 18.4 Å². The van der Waals surface area contributed by atoms with E-state index < -0.39 is 11.4 Å². The molecule has 0 aliphatic heterocycles. The maximum atomic E-state index is 11.9. The van der Waals surface area contributed by atoms with Crippen molar-refractivity contribution in [3.8, 4) is 6.07 Å². The van der Waals surface area contributed by atoms with Crippen molar-refractivity contribution in [1.82, 2.24) is 0 Å². The van der Waals surface area contributed by atoms with Gasteiger partial charge >= 0.3 is 5.97 Å². The van der Waals surface area contributed by atoms with Gasteiger partial charge in [-0.25, -0.2) is 0 Å². The van der Waals surface area contributed by atoms with Crippen LogP contribution in [0.3, 0.4) is 0 Å². The number of hydrogen-bond donors (Lipinski definition) is 1. The summed E-state index contributed by atoms with van der Waals surface area (Å²) in [7, 11) is 0. The van der Waals surface area contributed by atoms with Gasteiger partial charge in [-0.2, -0.15) is 5.26 Å². The van der Waals surface area contributed by atoms with Gasteiger partial charge in [0.05, 0.1) is 17.0 Å². The Morgan fingerprint density at radius 2 is 1.91 bits per heavy atom. The number of hydrogen-bond acceptors (Lipinski definition) is 2. The molecule has 1 fully saturated rings. The minimum atomic E-state index is -0.755. The van der Waals surface area contributed by atoms with Crippen molar-refractivity contribution in [2.45, 2.75) is 63.7 Å². The zero-order chi connectivity index (χ0) is 16.0. The van der Waals surface area contributed by atoms with Crippen molar-refractivity contribution in [1.29, 1.82) is 5.26 Å². The molecule has 0 saturated heterocycles. The van der Waals surface area contributed by atoms with Crippen LogP contribution in [0.4, 0.5) is 0 Å². The molecule has 0 atom stereocenters. The van der Waals surface area contributed by atoms with Gasteiger partial charge in [-0.05, 0) is 49.3 Å². The molecule has 2 rings (SSSR count). The molecule has 1 aliphatic carbocycles. The zero-order valence-corrected chi connectivity index (χ0v) is 13.3. The Morgan fingerprint density at radius 1 is 1.27 bits per heavy atom. The predicted octanol–water partition coefficient (Wildman–Crippen LogP) is 4.65. The van der Waals surface area contributed by atoms with Crippen LogP contribution in [-0.2, 0) is 10.2 Å². The highest BCUT2D eigenvalue weighted by atomic mass is 16.4. The second-order valence-electron chi connectivity index (χ2n) is 6.52. The summed E-state index contributed by atoms with van der Waals surface area (Å²) in [5.74, 6) is -0.0402. The first-order valence-electron chi connectivity index (χ1n) is 8.36. The molecule has 0 amide bonds. The van der Waals surface area contributed by atoms with Crippen molar-refractivity contribution in [3.63, 3.8) is 0 Å². The molecule has 118 valence electrons. The Balaban J connectivity index is 2.08. The molecule has 1 saturated carbocycles. The van der Waals surface area contributed by atoms with Gasteiger partial charge in [0.25, 0.3) is 0 Å². The van der Waals surface area contributed by atoms with Crippen molar-refractivity contribution >= 4 is 5.97 Å². The molecule has 0 bridgehead atoms. The molecule has 0 aromatic heterocycles. The summed E-state index contributed by atoms with van der Waals surface area (Å²) in [5, 5.41) is 18.7. The standard InChI is InChI=1S/C19H25NO2/c1-2-3-4-5-15-10-12-19(13-11-15,18(21)22)17-8-6-16(14-20)7-9-17/h6-9,15H,2-5,10-13H2,1H3,(H,21,22). The largest absolute Gasteiger partial charge is 0.481 e. The topological polar surface area (TPSA) is 61.1 Å². The Labute approximate surface area is 133 Å². The van der Waals surface area contributed by atoms with Crippen LogP contribution in [0.2, 0.25) is 0 Å². The van der Waals surface area contributed by atoms with Gasteiger partial charge in [0, 0.05) is 0 Å². The molecule has 0 radical (unpaired) electrons.